The van der Waals surface area contributed by atoms with E-state index >= 15 is 0 Å². The average Bonchev–Trinajstić information content (AvgIpc) is 2.21. The second-order valence-electron chi connectivity index (χ2n) is 3.24. The zero-order valence-electron chi connectivity index (χ0n) is 8.46. The van der Waals surface area contributed by atoms with Crippen molar-refractivity contribution in [2.45, 2.75) is 6.54 Å². The van der Waals surface area contributed by atoms with Gasteiger partial charge in [-0.3, -0.25) is 9.88 Å². The maximum absolute atomic E-state index is 5.28. The molecule has 0 aromatic carbocycles. The summed E-state index contributed by atoms with van der Waals surface area (Å²) in [6.07, 6.45) is 3.69. The van der Waals surface area contributed by atoms with Crippen molar-refractivity contribution in [3.63, 3.8) is 0 Å². The molecule has 0 unspecified atom stereocenters. The standard InChI is InChI=1S/C10H14N2O.2ClH/c1-3-11-4-2-10(1)9-12-5-7-13-8-6-12;;/h1-4H,5-9H2;2*1H. The quantitative estimate of drug-likeness (QED) is 0.800. The van der Waals surface area contributed by atoms with Gasteiger partial charge in [-0.05, 0) is 17.7 Å². The maximum atomic E-state index is 5.28. The summed E-state index contributed by atoms with van der Waals surface area (Å²) < 4.78 is 5.28. The van der Waals surface area contributed by atoms with Gasteiger partial charge in [0, 0.05) is 32.0 Å². The van der Waals surface area contributed by atoms with E-state index in [-0.39, 0.29) is 24.8 Å². The summed E-state index contributed by atoms with van der Waals surface area (Å²) in [6.45, 7) is 4.84. The molecule has 0 atom stereocenters. The molecule has 0 saturated carbocycles. The Hall–Kier alpha value is -0.350. The molecule has 1 aliphatic rings. The number of hydrogen-bond acceptors (Lipinski definition) is 3. The first-order valence-corrected chi connectivity index (χ1v) is 4.64. The second kappa shape index (κ2) is 7.88. The van der Waals surface area contributed by atoms with Gasteiger partial charge in [0.2, 0.25) is 0 Å². The van der Waals surface area contributed by atoms with Crippen LogP contribution in [0.25, 0.3) is 0 Å². The normalized spacial score (nSPS) is 16.3. The van der Waals surface area contributed by atoms with Crippen molar-refractivity contribution in [2.24, 2.45) is 0 Å². The van der Waals surface area contributed by atoms with Gasteiger partial charge in [0.05, 0.1) is 13.2 Å². The van der Waals surface area contributed by atoms with Gasteiger partial charge in [-0.15, -0.1) is 24.8 Å². The summed E-state index contributed by atoms with van der Waals surface area (Å²) in [7, 11) is 0. The fourth-order valence-corrected chi connectivity index (χ4v) is 1.51. The highest BCUT2D eigenvalue weighted by atomic mass is 35.5. The van der Waals surface area contributed by atoms with Crippen LogP contribution in [0.15, 0.2) is 24.5 Å². The molecule has 86 valence electrons. The van der Waals surface area contributed by atoms with Crippen LogP contribution in [-0.4, -0.2) is 36.2 Å². The number of morpholine rings is 1. The van der Waals surface area contributed by atoms with Gasteiger partial charge >= 0.3 is 0 Å². The Balaban J connectivity index is 0.000000980. The Morgan fingerprint density at radius 2 is 1.73 bits per heavy atom. The number of pyridine rings is 1. The zero-order valence-corrected chi connectivity index (χ0v) is 10.1. The smallest absolute Gasteiger partial charge is 0.0594 e. The van der Waals surface area contributed by atoms with Crippen LogP contribution in [0, 0.1) is 0 Å². The molecule has 1 aromatic heterocycles. The number of nitrogens with zero attached hydrogens (tertiary/aromatic N) is 2. The number of hydrogen-bond donors (Lipinski definition) is 0. The zero-order chi connectivity index (χ0) is 8.93. The lowest BCUT2D eigenvalue weighted by Gasteiger charge is -2.26. The minimum Gasteiger partial charge on any atom is -0.379 e. The Kier molecular flexibility index (Phi) is 7.70. The fourth-order valence-electron chi connectivity index (χ4n) is 1.51. The van der Waals surface area contributed by atoms with Crippen LogP contribution in [0.4, 0.5) is 0 Å². The van der Waals surface area contributed by atoms with Crippen LogP contribution in [0.2, 0.25) is 0 Å². The number of ether oxygens (including phenoxy) is 1. The lowest BCUT2D eigenvalue weighted by Crippen LogP contribution is -2.35. The minimum absolute atomic E-state index is 0. The van der Waals surface area contributed by atoms with Gasteiger partial charge < -0.3 is 4.74 Å². The number of aromatic nitrogens is 1. The SMILES string of the molecule is Cl.Cl.c1cc(CN2CCOCC2)ccn1. The van der Waals surface area contributed by atoms with E-state index in [1.54, 1.807) is 0 Å². The van der Waals surface area contributed by atoms with Crippen molar-refractivity contribution in [2.75, 3.05) is 26.3 Å². The van der Waals surface area contributed by atoms with Crippen LogP contribution in [0.1, 0.15) is 5.56 Å². The van der Waals surface area contributed by atoms with Crippen molar-refractivity contribution >= 4 is 24.8 Å². The molecule has 2 rings (SSSR count). The Labute approximate surface area is 103 Å². The van der Waals surface area contributed by atoms with Crippen LogP contribution in [0.3, 0.4) is 0 Å². The topological polar surface area (TPSA) is 25.4 Å². The third-order valence-corrected chi connectivity index (χ3v) is 2.26. The molecule has 1 aliphatic heterocycles. The number of rotatable bonds is 2. The summed E-state index contributed by atoms with van der Waals surface area (Å²) in [4.78, 5) is 6.40. The highest BCUT2D eigenvalue weighted by Gasteiger charge is 2.09. The van der Waals surface area contributed by atoms with Crippen LogP contribution in [-0.2, 0) is 11.3 Å². The van der Waals surface area contributed by atoms with E-state index < -0.39 is 0 Å². The van der Waals surface area contributed by atoms with Crippen molar-refractivity contribution < 1.29 is 4.74 Å². The van der Waals surface area contributed by atoms with Crippen molar-refractivity contribution in [3.05, 3.63) is 30.1 Å². The molecule has 0 aliphatic carbocycles. The molecule has 0 bridgehead atoms. The van der Waals surface area contributed by atoms with E-state index in [9.17, 15) is 0 Å². The molecule has 1 aromatic rings. The van der Waals surface area contributed by atoms with E-state index in [1.165, 1.54) is 5.56 Å². The van der Waals surface area contributed by atoms with Crippen molar-refractivity contribution in [3.8, 4) is 0 Å². The third kappa shape index (κ3) is 4.80. The van der Waals surface area contributed by atoms with Gasteiger partial charge in [0.25, 0.3) is 0 Å². The second-order valence-corrected chi connectivity index (χ2v) is 3.24. The predicted molar refractivity (Wildman–Crippen MR) is 64.8 cm³/mol. The van der Waals surface area contributed by atoms with Gasteiger partial charge in [0.15, 0.2) is 0 Å². The highest BCUT2D eigenvalue weighted by molar-refractivity contribution is 5.85. The molecule has 15 heavy (non-hydrogen) atoms. The van der Waals surface area contributed by atoms with E-state index in [1.807, 2.05) is 12.4 Å². The van der Waals surface area contributed by atoms with Crippen molar-refractivity contribution in [1.29, 1.82) is 0 Å². The van der Waals surface area contributed by atoms with Crippen LogP contribution < -0.4 is 0 Å². The molecule has 5 heteroatoms. The number of halogens is 2. The first-order valence-electron chi connectivity index (χ1n) is 4.64. The first kappa shape index (κ1) is 14.6. The molecule has 0 N–H and O–H groups in total. The highest BCUT2D eigenvalue weighted by Crippen LogP contribution is 2.04. The van der Waals surface area contributed by atoms with E-state index in [2.05, 4.69) is 22.0 Å². The monoisotopic (exact) mass is 250 g/mol. The van der Waals surface area contributed by atoms with Gasteiger partial charge in [-0.1, -0.05) is 0 Å². The largest absolute Gasteiger partial charge is 0.379 e. The molecular weight excluding hydrogens is 235 g/mol. The summed E-state index contributed by atoms with van der Waals surface area (Å²) in [5, 5.41) is 0. The minimum atomic E-state index is 0. The molecule has 2 heterocycles. The lowest BCUT2D eigenvalue weighted by atomic mass is 10.2. The molecule has 1 saturated heterocycles. The molecular formula is C10H16Cl2N2O. The maximum Gasteiger partial charge on any atom is 0.0594 e. The van der Waals surface area contributed by atoms with Crippen LogP contribution in [0.5, 0.6) is 0 Å². The summed E-state index contributed by atoms with van der Waals surface area (Å²) in [5.41, 5.74) is 1.33. The molecule has 0 radical (unpaired) electrons. The van der Waals surface area contributed by atoms with E-state index in [0.717, 1.165) is 32.8 Å². The molecule has 0 amide bonds. The lowest BCUT2D eigenvalue weighted by molar-refractivity contribution is 0.0342. The average molecular weight is 251 g/mol. The summed E-state index contributed by atoms with van der Waals surface area (Å²) in [5.74, 6) is 0. The van der Waals surface area contributed by atoms with E-state index in [4.69, 9.17) is 4.74 Å². The summed E-state index contributed by atoms with van der Waals surface area (Å²) in [6, 6.07) is 4.13. The van der Waals surface area contributed by atoms with Crippen molar-refractivity contribution in [1.82, 2.24) is 9.88 Å². The Morgan fingerprint density at radius 1 is 1.13 bits per heavy atom. The Bertz CT molecular complexity index is 253. The van der Waals surface area contributed by atoms with Gasteiger partial charge in [-0.2, -0.15) is 0 Å². The molecule has 0 spiro atoms. The van der Waals surface area contributed by atoms with Crippen LogP contribution >= 0.6 is 24.8 Å². The molecule has 3 nitrogen and oxygen atoms in total. The van der Waals surface area contributed by atoms with Gasteiger partial charge in [0.1, 0.15) is 0 Å². The predicted octanol–water partition coefficient (Wildman–Crippen LogP) is 1.76. The summed E-state index contributed by atoms with van der Waals surface area (Å²) >= 11 is 0. The molecule has 1 fully saturated rings. The fraction of sp³-hybridized carbons (Fsp3) is 0.500. The van der Waals surface area contributed by atoms with E-state index in [0.29, 0.717) is 0 Å². The van der Waals surface area contributed by atoms with Gasteiger partial charge in [-0.25, -0.2) is 0 Å². The first-order chi connectivity index (χ1) is 6.45. The Morgan fingerprint density at radius 3 is 2.33 bits per heavy atom. The third-order valence-electron chi connectivity index (χ3n) is 2.26.